The molecule has 5 rings (SSSR count). The van der Waals surface area contributed by atoms with E-state index in [-0.39, 0.29) is 23.7 Å². The Kier molecular flexibility index (Phi) is 7.70. The van der Waals surface area contributed by atoms with Gasteiger partial charge in [-0.3, -0.25) is 24.2 Å². The molecular weight excluding hydrogens is 474 g/mol. The number of fused-ring (bicyclic) bond motifs is 1. The highest BCUT2D eigenvalue weighted by Gasteiger charge is 2.41. The smallest absolute Gasteiger partial charge is 0.249 e. The lowest BCUT2D eigenvalue weighted by atomic mass is 9.79. The number of phenols is 1. The number of carbonyl (C=O) groups is 2. The summed E-state index contributed by atoms with van der Waals surface area (Å²) in [5, 5.41) is 20.0. The van der Waals surface area contributed by atoms with Crippen molar-refractivity contribution in [3.63, 3.8) is 0 Å². The number of anilines is 1. The topological polar surface area (TPSA) is 99.8 Å². The van der Waals surface area contributed by atoms with Gasteiger partial charge in [-0.1, -0.05) is 31.5 Å². The monoisotopic (exact) mass is 507 g/mol. The lowest BCUT2D eigenvalue weighted by Gasteiger charge is -2.35. The number of phenolic OH excluding ortho intramolecular Hbond substituents is 1. The van der Waals surface area contributed by atoms with Crippen LogP contribution in [0.3, 0.4) is 0 Å². The van der Waals surface area contributed by atoms with Crippen LogP contribution in [0.2, 0.25) is 0 Å². The standard InChI is InChI=1S/C15H16N4O2.C12H17NOS/c1-9-13-14(10-6-4-5-7-11(10)20)16-8-12(21)18(2)15(13)19(3)17-9;1-2-13-12(11-7-5-9-15-11)8-4-3-6-10(12)14/h4-7,20H,8H2,1-3H3;5,7,9,13H,2-4,6,8H2,1H3. The first-order valence-electron chi connectivity index (χ1n) is 12.3. The highest BCUT2D eigenvalue weighted by atomic mass is 32.1. The normalized spacial score (nSPS) is 19.8. The number of hydrogen-bond donors (Lipinski definition) is 2. The summed E-state index contributed by atoms with van der Waals surface area (Å²) in [4.78, 5) is 31.4. The van der Waals surface area contributed by atoms with Crippen LogP contribution < -0.4 is 10.2 Å². The zero-order chi connectivity index (χ0) is 25.9. The minimum absolute atomic E-state index is 0.0499. The van der Waals surface area contributed by atoms with Crippen molar-refractivity contribution in [2.45, 2.75) is 45.1 Å². The number of aliphatic imine (C=N–C) groups is 1. The zero-order valence-corrected chi connectivity index (χ0v) is 22.1. The molecule has 9 heteroatoms. The number of nitrogens with one attached hydrogen (secondary N) is 1. The number of nitrogens with zero attached hydrogens (tertiary/aromatic N) is 4. The summed E-state index contributed by atoms with van der Waals surface area (Å²) in [5.41, 5.74) is 2.41. The average Bonchev–Trinajstić information content (AvgIpc) is 3.47. The Morgan fingerprint density at radius 3 is 2.58 bits per heavy atom. The molecule has 190 valence electrons. The van der Waals surface area contributed by atoms with Crippen molar-refractivity contribution in [1.82, 2.24) is 15.1 Å². The molecule has 1 aliphatic heterocycles. The average molecular weight is 508 g/mol. The highest BCUT2D eigenvalue weighted by molar-refractivity contribution is 7.10. The molecule has 0 spiro atoms. The van der Waals surface area contributed by atoms with Gasteiger partial charge in [0.2, 0.25) is 5.91 Å². The minimum Gasteiger partial charge on any atom is -0.507 e. The van der Waals surface area contributed by atoms with Crippen molar-refractivity contribution in [3.05, 3.63) is 63.5 Å². The van der Waals surface area contributed by atoms with Gasteiger partial charge in [0.1, 0.15) is 23.7 Å². The van der Waals surface area contributed by atoms with E-state index < -0.39 is 0 Å². The van der Waals surface area contributed by atoms with Crippen LogP contribution in [0.4, 0.5) is 5.82 Å². The molecule has 1 unspecified atom stereocenters. The number of likely N-dealkylation sites (N-methyl/N-ethyl adjacent to an activating group) is 2. The van der Waals surface area contributed by atoms with Gasteiger partial charge in [0.05, 0.1) is 17.0 Å². The third-order valence-corrected chi connectivity index (χ3v) is 7.79. The molecule has 0 bridgehead atoms. The van der Waals surface area contributed by atoms with Crippen molar-refractivity contribution in [3.8, 4) is 5.75 Å². The zero-order valence-electron chi connectivity index (χ0n) is 21.2. The molecule has 8 nitrogen and oxygen atoms in total. The molecule has 3 heterocycles. The summed E-state index contributed by atoms with van der Waals surface area (Å²) in [7, 11) is 3.51. The first kappa shape index (κ1) is 25.8. The van der Waals surface area contributed by atoms with E-state index in [1.807, 2.05) is 19.1 Å². The summed E-state index contributed by atoms with van der Waals surface area (Å²) >= 11 is 1.69. The molecule has 2 N–H and O–H groups in total. The van der Waals surface area contributed by atoms with Crippen molar-refractivity contribution >= 4 is 34.6 Å². The van der Waals surface area contributed by atoms with Gasteiger partial charge in [-0.25, -0.2) is 0 Å². The fourth-order valence-corrected chi connectivity index (χ4v) is 5.99. The van der Waals surface area contributed by atoms with Crippen LogP contribution in [0, 0.1) is 6.92 Å². The summed E-state index contributed by atoms with van der Waals surface area (Å²) in [6, 6.07) is 11.1. The molecule has 0 saturated heterocycles. The van der Waals surface area contributed by atoms with Gasteiger partial charge >= 0.3 is 0 Å². The van der Waals surface area contributed by atoms with E-state index in [1.165, 1.54) is 4.88 Å². The molecule has 1 aliphatic carbocycles. The van der Waals surface area contributed by atoms with Crippen LogP contribution in [0.15, 0.2) is 46.8 Å². The third kappa shape index (κ3) is 4.73. The van der Waals surface area contributed by atoms with E-state index in [9.17, 15) is 14.7 Å². The van der Waals surface area contributed by atoms with E-state index in [4.69, 9.17) is 0 Å². The summed E-state index contributed by atoms with van der Waals surface area (Å²) in [6.45, 7) is 4.84. The fraction of sp³-hybridized carbons (Fsp3) is 0.407. The van der Waals surface area contributed by atoms with Gasteiger partial charge in [0, 0.05) is 31.0 Å². The van der Waals surface area contributed by atoms with Crippen molar-refractivity contribution in [1.29, 1.82) is 0 Å². The van der Waals surface area contributed by atoms with Gasteiger partial charge in [0.15, 0.2) is 5.78 Å². The van der Waals surface area contributed by atoms with Crippen molar-refractivity contribution < 1.29 is 14.7 Å². The van der Waals surface area contributed by atoms with Crippen LogP contribution >= 0.6 is 11.3 Å². The van der Waals surface area contributed by atoms with Gasteiger partial charge in [-0.2, -0.15) is 5.10 Å². The fourth-order valence-electron chi connectivity index (χ4n) is 5.04. The number of aromatic nitrogens is 2. The molecule has 36 heavy (non-hydrogen) atoms. The number of ketones is 1. The number of aryl methyl sites for hydroxylation is 2. The number of thiophene rings is 1. The van der Waals surface area contributed by atoms with Gasteiger partial charge in [0.25, 0.3) is 0 Å². The Morgan fingerprint density at radius 1 is 1.14 bits per heavy atom. The molecule has 1 fully saturated rings. The van der Waals surface area contributed by atoms with Gasteiger partial charge < -0.3 is 10.4 Å². The number of para-hydroxylation sites is 1. The molecule has 1 saturated carbocycles. The number of rotatable bonds is 4. The Hall–Kier alpha value is -3.30. The van der Waals surface area contributed by atoms with Crippen LogP contribution in [0.5, 0.6) is 5.75 Å². The third-order valence-electron chi connectivity index (χ3n) is 6.75. The van der Waals surface area contributed by atoms with E-state index in [1.54, 1.807) is 53.2 Å². The van der Waals surface area contributed by atoms with Crippen LogP contribution in [0.1, 0.15) is 54.3 Å². The maximum Gasteiger partial charge on any atom is 0.249 e. The number of benzene rings is 1. The molecule has 1 aromatic carbocycles. The first-order valence-corrected chi connectivity index (χ1v) is 13.1. The van der Waals surface area contributed by atoms with E-state index in [2.05, 4.69) is 33.8 Å². The Balaban J connectivity index is 0.000000179. The van der Waals surface area contributed by atoms with Crippen LogP contribution in [-0.4, -0.2) is 52.4 Å². The largest absolute Gasteiger partial charge is 0.507 e. The predicted molar refractivity (Wildman–Crippen MR) is 143 cm³/mol. The van der Waals surface area contributed by atoms with Gasteiger partial charge in [-0.05, 0) is 49.9 Å². The van der Waals surface area contributed by atoms with Crippen LogP contribution in [0.25, 0.3) is 0 Å². The Labute approximate surface area is 215 Å². The Bertz CT molecular complexity index is 1280. The van der Waals surface area contributed by atoms with Crippen LogP contribution in [-0.2, 0) is 22.2 Å². The maximum absolute atomic E-state index is 12.1. The molecule has 3 aromatic rings. The van der Waals surface area contributed by atoms with E-state index >= 15 is 0 Å². The SMILES string of the molecule is CCNC1(c2cccs2)CCCCC1=O.Cc1nn(C)c2c1C(c1ccccc1O)=NCC(=O)N2C. The molecule has 0 radical (unpaired) electrons. The second-order valence-corrected chi connectivity index (χ2v) is 10.0. The molecule has 2 aliphatic rings. The summed E-state index contributed by atoms with van der Waals surface area (Å²) in [5.74, 6) is 1.10. The molecule has 1 amide bonds. The number of aromatic hydroxyl groups is 1. The first-order chi connectivity index (χ1) is 17.3. The lowest BCUT2D eigenvalue weighted by Crippen LogP contribution is -2.50. The molecule has 1 atom stereocenters. The predicted octanol–water partition coefficient (Wildman–Crippen LogP) is 3.94. The minimum atomic E-state index is -0.360. The number of amides is 1. The maximum atomic E-state index is 12.1. The number of Topliss-reactive ketones (excluding diaryl/α,β-unsaturated/α-hetero) is 1. The highest BCUT2D eigenvalue weighted by Crippen LogP contribution is 2.36. The number of carbonyl (C=O) groups excluding carboxylic acids is 2. The molecular formula is C27H33N5O3S. The van der Waals surface area contributed by atoms with Crippen molar-refractivity contribution in [2.75, 3.05) is 25.0 Å². The summed E-state index contributed by atoms with van der Waals surface area (Å²) in [6.07, 6.45) is 3.89. The number of hydrogen-bond acceptors (Lipinski definition) is 7. The van der Waals surface area contributed by atoms with Crippen molar-refractivity contribution in [2.24, 2.45) is 12.0 Å². The second kappa shape index (κ2) is 10.8. The quantitative estimate of drug-likeness (QED) is 0.557. The lowest BCUT2D eigenvalue weighted by molar-refractivity contribution is -0.127. The molecule has 2 aromatic heterocycles. The second-order valence-electron chi connectivity index (χ2n) is 9.09. The van der Waals surface area contributed by atoms with E-state index in [0.717, 1.165) is 43.5 Å². The van der Waals surface area contributed by atoms with Gasteiger partial charge in [-0.15, -0.1) is 11.3 Å². The Morgan fingerprint density at radius 2 is 1.92 bits per heavy atom. The summed E-state index contributed by atoms with van der Waals surface area (Å²) < 4.78 is 1.67. The van der Waals surface area contributed by atoms with E-state index in [0.29, 0.717) is 22.9 Å².